The van der Waals surface area contributed by atoms with E-state index in [0.717, 1.165) is 12.8 Å². The standard InChI is InChI=1S/C21H28N4O3/c1-4-16-5-7-17(8-6-16)9-10-18(26)24-11-13-25(14-12-24)21(27)20-23-22-19(28-20)15(2)3/h5-8,15H,4,9-14H2,1-3H3. The molecule has 0 radical (unpaired) electrons. The average molecular weight is 384 g/mol. The van der Waals surface area contributed by atoms with Crippen LogP contribution in [0.25, 0.3) is 0 Å². The first-order valence-electron chi connectivity index (χ1n) is 9.96. The molecule has 3 rings (SSSR count). The Bertz CT molecular complexity index is 805. The molecule has 0 unspecified atom stereocenters. The van der Waals surface area contributed by atoms with E-state index >= 15 is 0 Å². The van der Waals surface area contributed by atoms with Crippen LogP contribution in [0.1, 0.15) is 60.8 Å². The summed E-state index contributed by atoms with van der Waals surface area (Å²) in [6.45, 7) is 8.03. The van der Waals surface area contributed by atoms with Gasteiger partial charge in [0.2, 0.25) is 11.8 Å². The minimum absolute atomic E-state index is 0.0269. The zero-order valence-electron chi connectivity index (χ0n) is 16.9. The summed E-state index contributed by atoms with van der Waals surface area (Å²) in [6, 6.07) is 8.43. The Balaban J connectivity index is 1.47. The van der Waals surface area contributed by atoms with Crippen LogP contribution in [-0.2, 0) is 17.6 Å². The fraction of sp³-hybridized carbons (Fsp3) is 0.524. The quantitative estimate of drug-likeness (QED) is 0.765. The van der Waals surface area contributed by atoms with Crippen molar-refractivity contribution in [2.75, 3.05) is 26.2 Å². The van der Waals surface area contributed by atoms with Gasteiger partial charge in [-0.05, 0) is 24.0 Å². The van der Waals surface area contributed by atoms with Crippen LogP contribution in [0.2, 0.25) is 0 Å². The maximum Gasteiger partial charge on any atom is 0.311 e. The third-order valence-electron chi connectivity index (χ3n) is 5.10. The molecule has 28 heavy (non-hydrogen) atoms. The van der Waals surface area contributed by atoms with E-state index in [4.69, 9.17) is 4.42 Å². The lowest BCUT2D eigenvalue weighted by molar-refractivity contribution is -0.132. The van der Waals surface area contributed by atoms with E-state index in [1.54, 1.807) is 4.90 Å². The van der Waals surface area contributed by atoms with Crippen molar-refractivity contribution in [2.24, 2.45) is 0 Å². The molecule has 1 aromatic carbocycles. The Morgan fingerprint density at radius 2 is 1.61 bits per heavy atom. The fourth-order valence-corrected chi connectivity index (χ4v) is 3.20. The molecular formula is C21H28N4O3. The van der Waals surface area contributed by atoms with Gasteiger partial charge in [0.15, 0.2) is 0 Å². The molecule has 150 valence electrons. The molecule has 1 aliphatic heterocycles. The number of carbonyl (C=O) groups excluding carboxylic acids is 2. The Morgan fingerprint density at radius 3 is 2.18 bits per heavy atom. The molecule has 0 atom stereocenters. The molecule has 0 aliphatic carbocycles. The van der Waals surface area contributed by atoms with Crippen LogP contribution in [0, 0.1) is 0 Å². The minimum Gasteiger partial charge on any atom is -0.417 e. The van der Waals surface area contributed by atoms with Gasteiger partial charge in [-0.25, -0.2) is 0 Å². The molecule has 2 aromatic rings. The second-order valence-electron chi connectivity index (χ2n) is 7.44. The molecule has 0 bridgehead atoms. The van der Waals surface area contributed by atoms with Gasteiger partial charge in [-0.3, -0.25) is 9.59 Å². The SMILES string of the molecule is CCc1ccc(CCC(=O)N2CCN(C(=O)c3nnc(C(C)C)o3)CC2)cc1. The smallest absolute Gasteiger partial charge is 0.311 e. The van der Waals surface area contributed by atoms with Gasteiger partial charge in [-0.1, -0.05) is 45.0 Å². The van der Waals surface area contributed by atoms with Gasteiger partial charge >= 0.3 is 11.8 Å². The fourth-order valence-electron chi connectivity index (χ4n) is 3.20. The van der Waals surface area contributed by atoms with Crippen LogP contribution < -0.4 is 0 Å². The topological polar surface area (TPSA) is 79.5 Å². The van der Waals surface area contributed by atoms with E-state index in [0.29, 0.717) is 38.5 Å². The maximum absolute atomic E-state index is 12.5. The zero-order valence-corrected chi connectivity index (χ0v) is 16.9. The van der Waals surface area contributed by atoms with Crippen molar-refractivity contribution in [3.63, 3.8) is 0 Å². The first kappa shape index (κ1) is 20.0. The largest absolute Gasteiger partial charge is 0.417 e. The molecule has 2 heterocycles. The number of amides is 2. The van der Waals surface area contributed by atoms with Gasteiger partial charge in [0.25, 0.3) is 0 Å². The molecule has 1 aliphatic rings. The summed E-state index contributed by atoms with van der Waals surface area (Å²) < 4.78 is 5.44. The number of piperazine rings is 1. The highest BCUT2D eigenvalue weighted by atomic mass is 16.4. The normalized spacial score (nSPS) is 14.6. The Labute approximate surface area is 165 Å². The number of rotatable bonds is 6. The molecule has 7 nitrogen and oxygen atoms in total. The summed E-state index contributed by atoms with van der Waals surface area (Å²) in [7, 11) is 0. The van der Waals surface area contributed by atoms with Crippen molar-refractivity contribution < 1.29 is 14.0 Å². The lowest BCUT2D eigenvalue weighted by atomic mass is 10.1. The van der Waals surface area contributed by atoms with Gasteiger partial charge in [0.05, 0.1) is 0 Å². The van der Waals surface area contributed by atoms with E-state index in [-0.39, 0.29) is 23.6 Å². The van der Waals surface area contributed by atoms with Crippen molar-refractivity contribution in [3.05, 3.63) is 47.2 Å². The second kappa shape index (κ2) is 8.99. The van der Waals surface area contributed by atoms with Crippen LogP contribution in [0.5, 0.6) is 0 Å². The summed E-state index contributed by atoms with van der Waals surface area (Å²) in [5.41, 5.74) is 2.48. The molecule has 1 fully saturated rings. The van der Waals surface area contributed by atoms with Crippen LogP contribution in [0.4, 0.5) is 0 Å². The zero-order chi connectivity index (χ0) is 20.1. The van der Waals surface area contributed by atoms with Crippen molar-refractivity contribution in [3.8, 4) is 0 Å². The van der Waals surface area contributed by atoms with Crippen LogP contribution in [-0.4, -0.2) is 58.0 Å². The van der Waals surface area contributed by atoms with Gasteiger partial charge in [-0.15, -0.1) is 10.2 Å². The number of nitrogens with zero attached hydrogens (tertiary/aromatic N) is 4. The second-order valence-corrected chi connectivity index (χ2v) is 7.44. The third kappa shape index (κ3) is 4.77. The number of aromatic nitrogens is 2. The van der Waals surface area contributed by atoms with Crippen LogP contribution in [0.3, 0.4) is 0 Å². The number of aryl methyl sites for hydroxylation is 2. The molecule has 2 amide bonds. The van der Waals surface area contributed by atoms with E-state index in [2.05, 4.69) is 41.4 Å². The van der Waals surface area contributed by atoms with E-state index < -0.39 is 0 Å². The summed E-state index contributed by atoms with van der Waals surface area (Å²) in [6.07, 6.45) is 2.24. The molecule has 1 aromatic heterocycles. The minimum atomic E-state index is -0.262. The van der Waals surface area contributed by atoms with E-state index in [9.17, 15) is 9.59 Å². The Morgan fingerprint density at radius 1 is 1.00 bits per heavy atom. The monoisotopic (exact) mass is 384 g/mol. The average Bonchev–Trinajstić information content (AvgIpc) is 3.22. The Hall–Kier alpha value is -2.70. The van der Waals surface area contributed by atoms with Gasteiger partial charge in [0, 0.05) is 38.5 Å². The van der Waals surface area contributed by atoms with Crippen molar-refractivity contribution in [1.29, 1.82) is 0 Å². The number of hydrogen-bond acceptors (Lipinski definition) is 5. The Kier molecular flexibility index (Phi) is 6.44. The number of carbonyl (C=O) groups is 2. The predicted molar refractivity (Wildman–Crippen MR) is 105 cm³/mol. The van der Waals surface area contributed by atoms with Crippen LogP contribution in [0.15, 0.2) is 28.7 Å². The molecule has 0 saturated carbocycles. The van der Waals surface area contributed by atoms with Gasteiger partial charge < -0.3 is 14.2 Å². The highest BCUT2D eigenvalue weighted by Crippen LogP contribution is 2.15. The third-order valence-corrected chi connectivity index (χ3v) is 5.10. The lowest BCUT2D eigenvalue weighted by Gasteiger charge is -2.34. The van der Waals surface area contributed by atoms with Crippen molar-refractivity contribution in [1.82, 2.24) is 20.0 Å². The van der Waals surface area contributed by atoms with Crippen molar-refractivity contribution >= 4 is 11.8 Å². The predicted octanol–water partition coefficient (Wildman–Crippen LogP) is 2.67. The molecule has 7 heteroatoms. The lowest BCUT2D eigenvalue weighted by Crippen LogP contribution is -2.50. The summed E-state index contributed by atoms with van der Waals surface area (Å²) in [5.74, 6) is 0.443. The van der Waals surface area contributed by atoms with E-state index in [1.165, 1.54) is 11.1 Å². The summed E-state index contributed by atoms with van der Waals surface area (Å²) in [5, 5.41) is 7.76. The number of benzene rings is 1. The van der Waals surface area contributed by atoms with Gasteiger partial charge in [-0.2, -0.15) is 0 Å². The molecule has 0 spiro atoms. The number of hydrogen-bond donors (Lipinski definition) is 0. The highest BCUT2D eigenvalue weighted by molar-refractivity contribution is 5.89. The first-order valence-corrected chi connectivity index (χ1v) is 9.96. The summed E-state index contributed by atoms with van der Waals surface area (Å²) >= 11 is 0. The van der Waals surface area contributed by atoms with Gasteiger partial charge in [0.1, 0.15) is 0 Å². The molecule has 0 N–H and O–H groups in total. The van der Waals surface area contributed by atoms with Crippen LogP contribution >= 0.6 is 0 Å². The highest BCUT2D eigenvalue weighted by Gasteiger charge is 2.28. The van der Waals surface area contributed by atoms with Crippen molar-refractivity contribution in [2.45, 2.75) is 46.0 Å². The maximum atomic E-state index is 12.5. The van der Waals surface area contributed by atoms with E-state index in [1.807, 2.05) is 18.7 Å². The summed E-state index contributed by atoms with van der Waals surface area (Å²) in [4.78, 5) is 28.5. The first-order chi connectivity index (χ1) is 13.5. The molecule has 1 saturated heterocycles. The molecular weight excluding hydrogens is 356 g/mol.